The summed E-state index contributed by atoms with van der Waals surface area (Å²) >= 11 is 1.40. The molecule has 4 rings (SSSR count). The van der Waals surface area contributed by atoms with E-state index in [2.05, 4.69) is 9.72 Å². The number of aryl methyl sites for hydroxylation is 2. The van der Waals surface area contributed by atoms with Gasteiger partial charge in [-0.05, 0) is 55.7 Å². The number of benzene rings is 1. The van der Waals surface area contributed by atoms with Gasteiger partial charge in [-0.2, -0.15) is 0 Å². The average Bonchev–Trinajstić information content (AvgIpc) is 3.28. The molecule has 1 aromatic carbocycles. The van der Waals surface area contributed by atoms with Crippen LogP contribution >= 0.6 is 11.3 Å². The molecule has 0 atom stereocenters. The Bertz CT molecular complexity index is 1040. The van der Waals surface area contributed by atoms with Crippen LogP contribution in [0.15, 0.2) is 40.1 Å². The van der Waals surface area contributed by atoms with Crippen LogP contribution in [0.4, 0.5) is 18.9 Å². The quantitative estimate of drug-likeness (QED) is 0.585. The number of anilines is 1. The number of furan rings is 1. The molecule has 1 amide bonds. The van der Waals surface area contributed by atoms with Crippen LogP contribution < -0.4 is 9.64 Å². The fraction of sp³-hybridized carbons (Fsp3) is 0.300. The highest BCUT2D eigenvalue weighted by atomic mass is 32.1. The molecule has 1 aliphatic heterocycles. The molecule has 1 aliphatic rings. The summed E-state index contributed by atoms with van der Waals surface area (Å²) in [6.45, 7) is 2.36. The zero-order valence-corrected chi connectivity index (χ0v) is 16.3. The van der Waals surface area contributed by atoms with E-state index in [1.165, 1.54) is 29.5 Å². The van der Waals surface area contributed by atoms with E-state index >= 15 is 0 Å². The fourth-order valence-corrected chi connectivity index (χ4v) is 4.11. The number of thiazole rings is 1. The second kappa shape index (κ2) is 7.55. The van der Waals surface area contributed by atoms with Crippen molar-refractivity contribution in [2.75, 3.05) is 11.4 Å². The monoisotopic (exact) mass is 422 g/mol. The Labute approximate surface area is 168 Å². The lowest BCUT2D eigenvalue weighted by molar-refractivity contribution is -0.274. The molecule has 3 heterocycles. The summed E-state index contributed by atoms with van der Waals surface area (Å²) in [6.07, 6.45) is -3.38. The van der Waals surface area contributed by atoms with Crippen molar-refractivity contribution in [1.29, 1.82) is 0 Å². The van der Waals surface area contributed by atoms with Gasteiger partial charge in [0.15, 0.2) is 10.8 Å². The van der Waals surface area contributed by atoms with Crippen LogP contribution in [0.3, 0.4) is 0 Å². The SMILES string of the molecule is Cc1ccc(-c2nc(CC(=O)N3CCCc4cc(OC(F)(F)F)ccc43)cs2)o1. The average molecular weight is 422 g/mol. The van der Waals surface area contributed by atoms with Crippen LogP contribution in [-0.2, 0) is 17.6 Å². The van der Waals surface area contributed by atoms with Gasteiger partial charge in [0, 0.05) is 17.6 Å². The van der Waals surface area contributed by atoms with Crippen LogP contribution in [0, 0.1) is 6.92 Å². The van der Waals surface area contributed by atoms with Gasteiger partial charge in [-0.15, -0.1) is 24.5 Å². The molecule has 0 radical (unpaired) electrons. The van der Waals surface area contributed by atoms with Crippen molar-refractivity contribution in [2.24, 2.45) is 0 Å². The summed E-state index contributed by atoms with van der Waals surface area (Å²) in [4.78, 5) is 18.9. The summed E-state index contributed by atoms with van der Waals surface area (Å²) < 4.78 is 46.9. The van der Waals surface area contributed by atoms with Gasteiger partial charge in [0.25, 0.3) is 0 Å². The first-order chi connectivity index (χ1) is 13.8. The van der Waals surface area contributed by atoms with E-state index in [0.29, 0.717) is 47.1 Å². The summed E-state index contributed by atoms with van der Waals surface area (Å²) in [7, 11) is 0. The predicted octanol–water partition coefficient (Wildman–Crippen LogP) is 5.13. The Hall–Kier alpha value is -2.81. The first-order valence-electron chi connectivity index (χ1n) is 8.99. The maximum absolute atomic E-state index is 12.8. The molecular formula is C20H17F3N2O3S. The predicted molar refractivity (Wildman–Crippen MR) is 102 cm³/mol. The molecule has 2 aromatic heterocycles. The number of ether oxygens (including phenoxy) is 1. The third kappa shape index (κ3) is 4.45. The molecule has 0 unspecified atom stereocenters. The van der Waals surface area contributed by atoms with E-state index in [-0.39, 0.29) is 18.1 Å². The van der Waals surface area contributed by atoms with Crippen molar-refractivity contribution >= 4 is 22.9 Å². The molecular weight excluding hydrogens is 405 g/mol. The lowest BCUT2D eigenvalue weighted by Gasteiger charge is -2.29. The standard InChI is InChI=1S/C20H17F3N2O3S/c1-12-4-7-17(27-12)19-24-14(11-29-19)10-18(26)25-8-2-3-13-9-15(5-6-16(13)25)28-20(21,22)23/h4-7,9,11H,2-3,8,10H2,1H3. The number of halogens is 3. The number of carbonyl (C=O) groups is 1. The largest absolute Gasteiger partial charge is 0.573 e. The number of aromatic nitrogens is 1. The summed E-state index contributed by atoms with van der Waals surface area (Å²) in [6, 6.07) is 7.77. The first-order valence-corrected chi connectivity index (χ1v) is 9.87. The highest BCUT2D eigenvalue weighted by Gasteiger charge is 2.32. The van der Waals surface area contributed by atoms with Crippen molar-refractivity contribution in [1.82, 2.24) is 4.98 Å². The number of hydrogen-bond donors (Lipinski definition) is 0. The number of nitrogens with zero attached hydrogens (tertiary/aromatic N) is 2. The van der Waals surface area contributed by atoms with Crippen LogP contribution in [-0.4, -0.2) is 23.8 Å². The summed E-state index contributed by atoms with van der Waals surface area (Å²) in [5.74, 6) is 1.02. The maximum Gasteiger partial charge on any atom is 0.573 e. The zero-order valence-electron chi connectivity index (χ0n) is 15.5. The van der Waals surface area contributed by atoms with Gasteiger partial charge in [-0.25, -0.2) is 4.98 Å². The molecule has 9 heteroatoms. The van der Waals surface area contributed by atoms with Gasteiger partial charge >= 0.3 is 6.36 Å². The number of hydrogen-bond acceptors (Lipinski definition) is 5. The van der Waals surface area contributed by atoms with E-state index in [4.69, 9.17) is 4.42 Å². The van der Waals surface area contributed by atoms with E-state index in [0.717, 1.165) is 5.76 Å². The normalized spacial score (nSPS) is 14.0. The Morgan fingerprint density at radius 3 is 2.86 bits per heavy atom. The summed E-state index contributed by atoms with van der Waals surface area (Å²) in [5, 5.41) is 2.52. The third-order valence-electron chi connectivity index (χ3n) is 4.54. The molecule has 0 saturated carbocycles. The number of fused-ring (bicyclic) bond motifs is 1. The Morgan fingerprint density at radius 1 is 1.31 bits per heavy atom. The van der Waals surface area contributed by atoms with Gasteiger partial charge in [-0.3, -0.25) is 4.79 Å². The zero-order chi connectivity index (χ0) is 20.6. The van der Waals surface area contributed by atoms with Crippen molar-refractivity contribution in [3.05, 3.63) is 52.7 Å². The molecule has 0 fully saturated rings. The molecule has 3 aromatic rings. The topological polar surface area (TPSA) is 55.6 Å². The van der Waals surface area contributed by atoms with Crippen LogP contribution in [0.25, 0.3) is 10.8 Å². The minimum Gasteiger partial charge on any atom is -0.459 e. The van der Waals surface area contributed by atoms with E-state index in [1.54, 1.807) is 4.90 Å². The molecule has 29 heavy (non-hydrogen) atoms. The van der Waals surface area contributed by atoms with E-state index in [1.807, 2.05) is 24.4 Å². The van der Waals surface area contributed by atoms with E-state index in [9.17, 15) is 18.0 Å². The Kier molecular flexibility index (Phi) is 5.08. The second-order valence-electron chi connectivity index (χ2n) is 6.72. The van der Waals surface area contributed by atoms with Gasteiger partial charge in [0.1, 0.15) is 11.5 Å². The van der Waals surface area contributed by atoms with Crippen molar-refractivity contribution in [3.63, 3.8) is 0 Å². The second-order valence-corrected chi connectivity index (χ2v) is 7.58. The fourth-order valence-electron chi connectivity index (χ4n) is 3.33. The number of carbonyl (C=O) groups excluding carboxylic acids is 1. The van der Waals surface area contributed by atoms with Crippen molar-refractivity contribution < 1.29 is 27.1 Å². The first kappa shape index (κ1) is 19.5. The van der Waals surface area contributed by atoms with Gasteiger partial charge in [-0.1, -0.05) is 0 Å². The number of alkyl halides is 3. The minimum absolute atomic E-state index is 0.108. The van der Waals surface area contributed by atoms with Crippen LogP contribution in [0.2, 0.25) is 0 Å². The van der Waals surface area contributed by atoms with Gasteiger partial charge in [0.2, 0.25) is 5.91 Å². The maximum atomic E-state index is 12.8. The molecule has 0 bridgehead atoms. The van der Waals surface area contributed by atoms with Crippen molar-refractivity contribution in [2.45, 2.75) is 32.5 Å². The molecule has 0 saturated heterocycles. The van der Waals surface area contributed by atoms with Crippen LogP contribution in [0.5, 0.6) is 5.75 Å². The molecule has 0 spiro atoms. The molecule has 5 nitrogen and oxygen atoms in total. The van der Waals surface area contributed by atoms with E-state index < -0.39 is 6.36 Å². The number of amides is 1. The van der Waals surface area contributed by atoms with Crippen molar-refractivity contribution in [3.8, 4) is 16.5 Å². The van der Waals surface area contributed by atoms with Gasteiger partial charge in [0.05, 0.1) is 12.1 Å². The third-order valence-corrected chi connectivity index (χ3v) is 5.45. The molecule has 0 aliphatic carbocycles. The Morgan fingerprint density at radius 2 is 2.14 bits per heavy atom. The molecule has 152 valence electrons. The highest BCUT2D eigenvalue weighted by molar-refractivity contribution is 7.13. The Balaban J connectivity index is 1.50. The molecule has 0 N–H and O–H groups in total. The van der Waals surface area contributed by atoms with Crippen LogP contribution in [0.1, 0.15) is 23.4 Å². The van der Waals surface area contributed by atoms with Gasteiger partial charge < -0.3 is 14.1 Å². The lowest BCUT2D eigenvalue weighted by atomic mass is 10.0. The highest BCUT2D eigenvalue weighted by Crippen LogP contribution is 2.33. The smallest absolute Gasteiger partial charge is 0.459 e. The number of rotatable bonds is 4. The minimum atomic E-state index is -4.74. The summed E-state index contributed by atoms with van der Waals surface area (Å²) in [5.41, 5.74) is 1.91. The lowest BCUT2D eigenvalue weighted by Crippen LogP contribution is -2.36.